The van der Waals surface area contributed by atoms with Gasteiger partial charge in [-0.2, -0.15) is 4.98 Å². The van der Waals surface area contributed by atoms with E-state index in [2.05, 4.69) is 24.1 Å². The number of hydrogen-bond acceptors (Lipinski definition) is 7. The molecule has 2 heterocycles. The molecule has 1 aliphatic rings. The van der Waals surface area contributed by atoms with Crippen LogP contribution < -0.4 is 10.1 Å². The van der Waals surface area contributed by atoms with Crippen LogP contribution in [0.4, 0.5) is 5.95 Å². The van der Waals surface area contributed by atoms with E-state index in [4.69, 9.17) is 14.6 Å². The standard InChI is InChI=1S/C22H30N4O3S/c1-6-11-28-17-10-8-9-16(13-17)19-18(20(27)29-14(3)4)15(5)23-21-24-22(25-26(19)21)30-12-7-2/h8-10,13-14,19H,6-7,11-12H2,1-5H3,(H,23,24,25). The van der Waals surface area contributed by atoms with Gasteiger partial charge in [-0.05, 0) is 51.3 Å². The molecular formula is C22H30N4O3S. The highest BCUT2D eigenvalue weighted by Gasteiger charge is 2.35. The number of aromatic nitrogens is 3. The zero-order chi connectivity index (χ0) is 21.7. The van der Waals surface area contributed by atoms with Crippen molar-refractivity contribution in [1.82, 2.24) is 14.8 Å². The van der Waals surface area contributed by atoms with Gasteiger partial charge in [-0.15, -0.1) is 5.10 Å². The van der Waals surface area contributed by atoms with Gasteiger partial charge in [0.05, 0.1) is 18.3 Å². The number of hydrogen-bond donors (Lipinski definition) is 1. The Labute approximate surface area is 182 Å². The molecule has 1 atom stereocenters. The summed E-state index contributed by atoms with van der Waals surface area (Å²) in [6.07, 6.45) is 1.74. The van der Waals surface area contributed by atoms with Crippen LogP contribution in [0.1, 0.15) is 59.1 Å². The van der Waals surface area contributed by atoms with Crippen molar-refractivity contribution in [2.45, 2.75) is 64.8 Å². The molecule has 8 heteroatoms. The van der Waals surface area contributed by atoms with Gasteiger partial charge in [0.25, 0.3) is 0 Å². The van der Waals surface area contributed by atoms with Crippen LogP contribution in [0.3, 0.4) is 0 Å². The molecule has 0 fully saturated rings. The topological polar surface area (TPSA) is 78.3 Å². The number of esters is 1. The summed E-state index contributed by atoms with van der Waals surface area (Å²) in [4.78, 5) is 17.7. The smallest absolute Gasteiger partial charge is 0.338 e. The van der Waals surface area contributed by atoms with Crippen LogP contribution in [0.5, 0.6) is 5.75 Å². The SMILES string of the molecule is CCCOc1cccc(C2C(C(=O)OC(C)C)=C(C)Nc3nc(SCCC)nn32)c1. The third-order valence-electron chi connectivity index (χ3n) is 4.48. The number of ether oxygens (including phenoxy) is 2. The molecular weight excluding hydrogens is 400 g/mol. The van der Waals surface area contributed by atoms with Crippen LogP contribution in [0.15, 0.2) is 40.7 Å². The monoisotopic (exact) mass is 430 g/mol. The first-order chi connectivity index (χ1) is 14.4. The molecule has 0 amide bonds. The van der Waals surface area contributed by atoms with E-state index in [-0.39, 0.29) is 12.1 Å². The highest BCUT2D eigenvalue weighted by molar-refractivity contribution is 7.99. The van der Waals surface area contributed by atoms with Gasteiger partial charge in [-0.3, -0.25) is 0 Å². The second-order valence-corrected chi connectivity index (χ2v) is 8.51. The molecule has 1 aliphatic heterocycles. The summed E-state index contributed by atoms with van der Waals surface area (Å²) in [5, 5.41) is 8.63. The van der Waals surface area contributed by atoms with Crippen LogP contribution in [0.2, 0.25) is 0 Å². The number of anilines is 1. The van der Waals surface area contributed by atoms with Crippen molar-refractivity contribution in [3.63, 3.8) is 0 Å². The third-order valence-corrected chi connectivity index (χ3v) is 5.52. The first kappa shape index (κ1) is 22.2. The van der Waals surface area contributed by atoms with E-state index in [0.717, 1.165) is 35.6 Å². The van der Waals surface area contributed by atoms with Crippen molar-refractivity contribution >= 4 is 23.7 Å². The zero-order valence-corrected chi connectivity index (χ0v) is 19.1. The molecule has 0 bridgehead atoms. The number of carbonyl (C=O) groups excluding carboxylic acids is 1. The maximum absolute atomic E-state index is 13.0. The van der Waals surface area contributed by atoms with Gasteiger partial charge in [0.2, 0.25) is 11.1 Å². The lowest BCUT2D eigenvalue weighted by Crippen LogP contribution is -2.30. The number of allylic oxidation sites excluding steroid dienone is 1. The first-order valence-electron chi connectivity index (χ1n) is 10.4. The van der Waals surface area contributed by atoms with Crippen molar-refractivity contribution in [3.05, 3.63) is 41.1 Å². The fourth-order valence-corrected chi connectivity index (χ4v) is 3.91. The average molecular weight is 431 g/mol. The quantitative estimate of drug-likeness (QED) is 0.452. The summed E-state index contributed by atoms with van der Waals surface area (Å²) in [5.74, 6) is 1.97. The van der Waals surface area contributed by atoms with Gasteiger partial charge in [0.1, 0.15) is 11.8 Å². The van der Waals surface area contributed by atoms with Crippen molar-refractivity contribution in [1.29, 1.82) is 0 Å². The molecule has 0 saturated carbocycles. The molecule has 30 heavy (non-hydrogen) atoms. The number of thioether (sulfide) groups is 1. The van der Waals surface area contributed by atoms with Gasteiger partial charge in [-0.25, -0.2) is 9.48 Å². The number of nitrogens with one attached hydrogen (secondary N) is 1. The van der Waals surface area contributed by atoms with Crippen LogP contribution in [0, 0.1) is 0 Å². The molecule has 1 aromatic carbocycles. The Bertz CT molecular complexity index is 923. The Hall–Kier alpha value is -2.48. The van der Waals surface area contributed by atoms with Gasteiger partial charge in [0.15, 0.2) is 0 Å². The minimum atomic E-state index is -0.443. The van der Waals surface area contributed by atoms with Crippen molar-refractivity contribution < 1.29 is 14.3 Å². The number of benzene rings is 1. The summed E-state index contributed by atoms with van der Waals surface area (Å²) in [6.45, 7) is 10.4. The predicted octanol–water partition coefficient (Wildman–Crippen LogP) is 4.81. The molecule has 3 rings (SSSR count). The molecule has 0 spiro atoms. The maximum atomic E-state index is 13.0. The Morgan fingerprint density at radius 1 is 1.30 bits per heavy atom. The molecule has 0 radical (unpaired) electrons. The molecule has 162 valence electrons. The molecule has 2 aromatic rings. The van der Waals surface area contributed by atoms with Crippen LogP contribution >= 0.6 is 11.8 Å². The Morgan fingerprint density at radius 2 is 2.10 bits per heavy atom. The van der Waals surface area contributed by atoms with Gasteiger partial charge >= 0.3 is 5.97 Å². The number of nitrogens with zero attached hydrogens (tertiary/aromatic N) is 3. The second-order valence-electron chi connectivity index (χ2n) is 7.45. The fourth-order valence-electron chi connectivity index (χ4n) is 3.23. The summed E-state index contributed by atoms with van der Waals surface area (Å²) < 4.78 is 13.2. The second kappa shape index (κ2) is 10.0. The average Bonchev–Trinajstić information content (AvgIpc) is 3.11. The van der Waals surface area contributed by atoms with E-state index in [1.54, 1.807) is 16.4 Å². The summed E-state index contributed by atoms with van der Waals surface area (Å²) >= 11 is 1.60. The summed E-state index contributed by atoms with van der Waals surface area (Å²) in [5.41, 5.74) is 2.15. The highest BCUT2D eigenvalue weighted by Crippen LogP contribution is 2.37. The minimum Gasteiger partial charge on any atom is -0.494 e. The van der Waals surface area contributed by atoms with E-state index in [0.29, 0.717) is 23.3 Å². The molecule has 0 saturated heterocycles. The fraction of sp³-hybridized carbons (Fsp3) is 0.500. The molecule has 1 aromatic heterocycles. The van der Waals surface area contributed by atoms with Gasteiger partial charge < -0.3 is 14.8 Å². The van der Waals surface area contributed by atoms with E-state index in [1.807, 2.05) is 45.0 Å². The van der Waals surface area contributed by atoms with Crippen molar-refractivity contribution in [2.75, 3.05) is 17.7 Å². The highest BCUT2D eigenvalue weighted by atomic mass is 32.2. The van der Waals surface area contributed by atoms with Crippen LogP contribution in [-0.2, 0) is 9.53 Å². The Balaban J connectivity index is 2.06. The molecule has 7 nitrogen and oxygen atoms in total. The summed E-state index contributed by atoms with van der Waals surface area (Å²) in [7, 11) is 0. The number of fused-ring (bicyclic) bond motifs is 1. The van der Waals surface area contributed by atoms with Crippen LogP contribution in [0.25, 0.3) is 0 Å². The largest absolute Gasteiger partial charge is 0.494 e. The lowest BCUT2D eigenvalue weighted by Gasteiger charge is -2.28. The minimum absolute atomic E-state index is 0.217. The maximum Gasteiger partial charge on any atom is 0.338 e. The lowest BCUT2D eigenvalue weighted by molar-refractivity contribution is -0.143. The van der Waals surface area contributed by atoms with Crippen molar-refractivity contribution in [2.24, 2.45) is 0 Å². The number of carbonyl (C=O) groups is 1. The summed E-state index contributed by atoms with van der Waals surface area (Å²) in [6, 6.07) is 7.36. The van der Waals surface area contributed by atoms with Gasteiger partial charge in [0, 0.05) is 11.4 Å². The molecule has 0 aliphatic carbocycles. The first-order valence-corrected chi connectivity index (χ1v) is 11.4. The van der Waals surface area contributed by atoms with E-state index >= 15 is 0 Å². The zero-order valence-electron chi connectivity index (χ0n) is 18.3. The van der Waals surface area contributed by atoms with Crippen molar-refractivity contribution in [3.8, 4) is 5.75 Å². The molecule has 1 unspecified atom stereocenters. The Morgan fingerprint density at radius 3 is 2.80 bits per heavy atom. The Kier molecular flexibility index (Phi) is 7.42. The van der Waals surface area contributed by atoms with E-state index < -0.39 is 6.04 Å². The van der Waals surface area contributed by atoms with E-state index in [1.165, 1.54) is 0 Å². The van der Waals surface area contributed by atoms with Gasteiger partial charge in [-0.1, -0.05) is 37.7 Å². The van der Waals surface area contributed by atoms with Crippen LogP contribution in [-0.4, -0.2) is 39.2 Å². The van der Waals surface area contributed by atoms with E-state index in [9.17, 15) is 4.79 Å². The molecule has 1 N–H and O–H groups in total. The number of rotatable bonds is 9. The normalized spacial score (nSPS) is 15.7. The lowest BCUT2D eigenvalue weighted by atomic mass is 9.95. The third kappa shape index (κ3) is 4.98. The predicted molar refractivity (Wildman–Crippen MR) is 119 cm³/mol.